The summed E-state index contributed by atoms with van der Waals surface area (Å²) in [6.45, 7) is 2.16. The molecule has 0 saturated carbocycles. The first kappa shape index (κ1) is 19.7. The van der Waals surface area contributed by atoms with Crippen molar-refractivity contribution in [2.24, 2.45) is 0 Å². The molecule has 0 aromatic heterocycles. The fourth-order valence-electron chi connectivity index (χ4n) is 3.54. The molecule has 0 bridgehead atoms. The van der Waals surface area contributed by atoms with E-state index in [9.17, 15) is 4.79 Å². The Labute approximate surface area is 179 Å². The number of hydroxylamine groups is 1. The third kappa shape index (κ3) is 4.52. The van der Waals surface area contributed by atoms with E-state index < -0.39 is 5.60 Å². The molecular weight excluding hydrogens is 430 g/mol. The van der Waals surface area contributed by atoms with Crippen LogP contribution in [0.1, 0.15) is 35.3 Å². The van der Waals surface area contributed by atoms with Crippen molar-refractivity contribution in [2.45, 2.75) is 25.0 Å². The minimum absolute atomic E-state index is 0.0370. The highest BCUT2D eigenvalue weighted by atomic mass is 79.9. The van der Waals surface area contributed by atoms with Gasteiger partial charge in [-0.3, -0.25) is 4.84 Å². The molecule has 2 atom stereocenters. The first-order chi connectivity index (χ1) is 14.0. The van der Waals surface area contributed by atoms with Crippen LogP contribution in [0.3, 0.4) is 0 Å². The number of hydrogen-bond acceptors (Lipinski definition) is 4. The lowest BCUT2D eigenvalue weighted by atomic mass is 9.94. The Morgan fingerprint density at radius 3 is 2.31 bits per heavy atom. The van der Waals surface area contributed by atoms with E-state index in [1.54, 1.807) is 12.1 Å². The molecule has 4 rings (SSSR count). The van der Waals surface area contributed by atoms with Crippen molar-refractivity contribution < 1.29 is 14.4 Å². The van der Waals surface area contributed by atoms with Crippen molar-refractivity contribution in [2.75, 3.05) is 11.7 Å². The molecule has 3 aromatic carbocycles. The lowest BCUT2D eigenvalue weighted by molar-refractivity contribution is -0.0487. The van der Waals surface area contributed by atoms with Crippen LogP contribution in [0.25, 0.3) is 0 Å². The third-order valence-corrected chi connectivity index (χ3v) is 5.54. The number of halogens is 1. The Morgan fingerprint density at radius 1 is 1.03 bits per heavy atom. The number of esters is 1. The lowest BCUT2D eigenvalue weighted by Gasteiger charge is -2.27. The van der Waals surface area contributed by atoms with E-state index in [1.165, 1.54) is 5.56 Å². The van der Waals surface area contributed by atoms with Crippen LogP contribution in [0.15, 0.2) is 89.4 Å². The molecule has 3 aromatic rings. The molecule has 0 spiro atoms. The number of hydrogen-bond donors (Lipinski definition) is 0. The highest BCUT2D eigenvalue weighted by Crippen LogP contribution is 2.43. The van der Waals surface area contributed by atoms with Gasteiger partial charge in [0, 0.05) is 10.9 Å². The zero-order valence-corrected chi connectivity index (χ0v) is 17.7. The first-order valence-electron chi connectivity index (χ1n) is 9.55. The summed E-state index contributed by atoms with van der Waals surface area (Å²) in [6.07, 6.45) is 0.708. The van der Waals surface area contributed by atoms with Crippen LogP contribution in [-0.2, 0) is 9.57 Å². The summed E-state index contributed by atoms with van der Waals surface area (Å²) >= 11 is 3.38. The number of anilines is 1. The molecule has 0 radical (unpaired) electrons. The average Bonchev–Trinajstić information content (AvgIpc) is 3.12. The average molecular weight is 452 g/mol. The Hall–Kier alpha value is -2.63. The van der Waals surface area contributed by atoms with Gasteiger partial charge in [0.25, 0.3) is 0 Å². The van der Waals surface area contributed by atoms with Crippen LogP contribution >= 0.6 is 15.9 Å². The van der Waals surface area contributed by atoms with Gasteiger partial charge in [0.15, 0.2) is 0 Å². The standard InChI is InChI=1S/C24H22BrNO3/c1-24(17-28-23(27)19-12-14-20(25)15-13-19)16-22(18-8-4-2-5-9-18)26(29-24)21-10-6-3-7-11-21/h2-15,22H,16-17H2,1H3/t22-,24-/m1/s1. The van der Waals surface area contributed by atoms with E-state index in [-0.39, 0.29) is 18.6 Å². The first-order valence-corrected chi connectivity index (χ1v) is 10.3. The number of rotatable bonds is 5. The smallest absolute Gasteiger partial charge is 0.338 e. The summed E-state index contributed by atoms with van der Waals surface area (Å²) in [5.41, 5.74) is 2.04. The van der Waals surface area contributed by atoms with Gasteiger partial charge in [-0.2, -0.15) is 0 Å². The van der Waals surface area contributed by atoms with Crippen LogP contribution in [0, 0.1) is 0 Å². The molecule has 148 valence electrons. The monoisotopic (exact) mass is 451 g/mol. The minimum Gasteiger partial charge on any atom is -0.459 e. The quantitative estimate of drug-likeness (QED) is 0.449. The number of benzene rings is 3. The van der Waals surface area contributed by atoms with E-state index in [4.69, 9.17) is 9.57 Å². The number of carbonyl (C=O) groups excluding carboxylic acids is 1. The molecule has 0 amide bonds. The Bertz CT molecular complexity index is 913. The normalized spacial score (nSPS) is 21.2. The Morgan fingerprint density at radius 2 is 1.66 bits per heavy atom. The van der Waals surface area contributed by atoms with Crippen molar-refractivity contribution in [1.82, 2.24) is 0 Å². The zero-order valence-electron chi connectivity index (χ0n) is 16.1. The fraction of sp³-hybridized carbons (Fsp3) is 0.208. The number of ether oxygens (including phenoxy) is 1. The van der Waals surface area contributed by atoms with E-state index in [0.717, 1.165) is 10.2 Å². The van der Waals surface area contributed by atoms with Gasteiger partial charge in [-0.05, 0) is 48.9 Å². The maximum Gasteiger partial charge on any atom is 0.338 e. The summed E-state index contributed by atoms with van der Waals surface area (Å²) in [7, 11) is 0. The van der Waals surface area contributed by atoms with Crippen LogP contribution in [0.2, 0.25) is 0 Å². The number of nitrogens with zero attached hydrogens (tertiary/aromatic N) is 1. The van der Waals surface area contributed by atoms with Gasteiger partial charge < -0.3 is 4.74 Å². The predicted octanol–water partition coefficient (Wildman–Crippen LogP) is 5.95. The zero-order chi connectivity index (χ0) is 20.3. The molecule has 0 unspecified atom stereocenters. The topological polar surface area (TPSA) is 38.8 Å². The molecule has 4 nitrogen and oxygen atoms in total. The van der Waals surface area contributed by atoms with Gasteiger partial charge in [-0.1, -0.05) is 64.5 Å². The highest BCUT2D eigenvalue weighted by molar-refractivity contribution is 9.10. The largest absolute Gasteiger partial charge is 0.459 e. The molecule has 0 N–H and O–H groups in total. The highest BCUT2D eigenvalue weighted by Gasteiger charge is 2.44. The molecule has 1 aliphatic heterocycles. The van der Waals surface area contributed by atoms with Gasteiger partial charge in [0.1, 0.15) is 12.2 Å². The van der Waals surface area contributed by atoms with Crippen molar-refractivity contribution in [3.63, 3.8) is 0 Å². The van der Waals surface area contributed by atoms with Gasteiger partial charge in [-0.25, -0.2) is 9.86 Å². The second-order valence-electron chi connectivity index (χ2n) is 7.42. The molecule has 1 fully saturated rings. The summed E-state index contributed by atoms with van der Waals surface area (Å²) in [6, 6.07) is 27.5. The maximum absolute atomic E-state index is 12.5. The van der Waals surface area contributed by atoms with E-state index in [1.807, 2.05) is 72.7 Å². The van der Waals surface area contributed by atoms with E-state index in [2.05, 4.69) is 28.1 Å². The molecule has 1 saturated heterocycles. The van der Waals surface area contributed by atoms with E-state index in [0.29, 0.717) is 12.0 Å². The van der Waals surface area contributed by atoms with Crippen molar-refractivity contribution >= 4 is 27.6 Å². The Balaban J connectivity index is 1.52. The van der Waals surface area contributed by atoms with Crippen molar-refractivity contribution in [1.29, 1.82) is 0 Å². The fourth-order valence-corrected chi connectivity index (χ4v) is 3.80. The van der Waals surface area contributed by atoms with Crippen LogP contribution in [-0.4, -0.2) is 18.2 Å². The molecule has 1 aliphatic rings. The molecule has 1 heterocycles. The SMILES string of the molecule is C[C@]1(COC(=O)c2ccc(Br)cc2)C[C@H](c2ccccc2)N(c2ccccc2)O1. The lowest BCUT2D eigenvalue weighted by Crippen LogP contribution is -2.33. The van der Waals surface area contributed by atoms with Gasteiger partial charge in [0.05, 0.1) is 17.3 Å². The Kier molecular flexibility index (Phi) is 5.69. The molecule has 29 heavy (non-hydrogen) atoms. The second-order valence-corrected chi connectivity index (χ2v) is 8.33. The van der Waals surface area contributed by atoms with Gasteiger partial charge in [-0.15, -0.1) is 0 Å². The van der Waals surface area contributed by atoms with E-state index >= 15 is 0 Å². The second kappa shape index (κ2) is 8.39. The number of para-hydroxylation sites is 1. The molecule has 0 aliphatic carbocycles. The maximum atomic E-state index is 12.5. The van der Waals surface area contributed by atoms with Crippen LogP contribution in [0.5, 0.6) is 0 Å². The number of carbonyl (C=O) groups is 1. The summed E-state index contributed by atoms with van der Waals surface area (Å²) in [5, 5.41) is 1.93. The summed E-state index contributed by atoms with van der Waals surface area (Å²) < 4.78 is 6.54. The van der Waals surface area contributed by atoms with Gasteiger partial charge >= 0.3 is 5.97 Å². The molecular formula is C24H22BrNO3. The minimum atomic E-state index is -0.624. The summed E-state index contributed by atoms with van der Waals surface area (Å²) in [4.78, 5) is 18.8. The van der Waals surface area contributed by atoms with Crippen molar-refractivity contribution in [3.8, 4) is 0 Å². The third-order valence-electron chi connectivity index (χ3n) is 5.01. The van der Waals surface area contributed by atoms with Crippen LogP contribution in [0.4, 0.5) is 5.69 Å². The summed E-state index contributed by atoms with van der Waals surface area (Å²) in [5.74, 6) is -0.350. The molecule has 5 heteroatoms. The van der Waals surface area contributed by atoms with Gasteiger partial charge in [0.2, 0.25) is 0 Å². The van der Waals surface area contributed by atoms with Crippen molar-refractivity contribution in [3.05, 3.63) is 101 Å². The van der Waals surface area contributed by atoms with Crippen LogP contribution < -0.4 is 5.06 Å². The predicted molar refractivity (Wildman–Crippen MR) is 117 cm³/mol.